The van der Waals surface area contributed by atoms with Gasteiger partial charge >= 0.3 is 0 Å². The number of rotatable bonds is 6. The summed E-state index contributed by atoms with van der Waals surface area (Å²) < 4.78 is 15.9. The maximum atomic E-state index is 14.2. The average molecular weight is 501 g/mol. The van der Waals surface area contributed by atoms with Crippen molar-refractivity contribution in [3.05, 3.63) is 63.7 Å². The van der Waals surface area contributed by atoms with E-state index in [1.165, 1.54) is 17.0 Å². The van der Waals surface area contributed by atoms with Crippen molar-refractivity contribution in [1.29, 1.82) is 0 Å². The van der Waals surface area contributed by atoms with Crippen molar-refractivity contribution < 1.29 is 14.0 Å². The van der Waals surface area contributed by atoms with Crippen molar-refractivity contribution in [1.82, 2.24) is 15.1 Å². The first-order valence-corrected chi connectivity index (χ1v) is 13.2. The molecule has 1 aromatic carbocycles. The average Bonchev–Trinajstić information content (AvgIpc) is 3.42. The number of nitrogens with zero attached hydrogens (tertiary/aromatic N) is 3. The Kier molecular flexibility index (Phi) is 7.14. The van der Waals surface area contributed by atoms with Gasteiger partial charge in [0.1, 0.15) is 18.2 Å². The molecule has 1 aliphatic heterocycles. The Morgan fingerprint density at radius 2 is 2.06 bits per heavy atom. The Bertz CT molecular complexity index is 1180. The number of benzene rings is 1. The molecule has 0 radical (unpaired) electrons. The highest BCUT2D eigenvalue weighted by Gasteiger charge is 2.40. The highest BCUT2D eigenvalue weighted by molar-refractivity contribution is 8.00. The number of thioether (sulfide) groups is 1. The number of halogens is 1. The number of amides is 2. The summed E-state index contributed by atoms with van der Waals surface area (Å²) in [6, 6.07) is 10.2. The SMILES string of the molecule is CCCNC(=O)CN1C(=O)CSC(c2cccs2)c2c(C(C)(C)C)nn(-c3cccc(F)c3)c21. The van der Waals surface area contributed by atoms with E-state index < -0.39 is 5.82 Å². The first kappa shape index (κ1) is 24.5. The summed E-state index contributed by atoms with van der Waals surface area (Å²) >= 11 is 3.17. The lowest BCUT2D eigenvalue weighted by atomic mass is 9.88. The minimum atomic E-state index is -0.393. The van der Waals surface area contributed by atoms with Gasteiger partial charge < -0.3 is 5.32 Å². The van der Waals surface area contributed by atoms with Crippen LogP contribution in [0.4, 0.5) is 10.2 Å². The molecule has 1 unspecified atom stereocenters. The minimum Gasteiger partial charge on any atom is -0.355 e. The lowest BCUT2D eigenvalue weighted by Crippen LogP contribution is -2.42. The predicted molar refractivity (Wildman–Crippen MR) is 136 cm³/mol. The van der Waals surface area contributed by atoms with Crippen LogP contribution in [0.25, 0.3) is 5.69 Å². The predicted octanol–water partition coefficient (Wildman–Crippen LogP) is 5.07. The van der Waals surface area contributed by atoms with Crippen LogP contribution in [-0.2, 0) is 15.0 Å². The second-order valence-corrected chi connectivity index (χ2v) is 11.3. The lowest BCUT2D eigenvalue weighted by Gasteiger charge is -2.24. The summed E-state index contributed by atoms with van der Waals surface area (Å²) in [5, 5.41) is 9.71. The van der Waals surface area contributed by atoms with Crippen LogP contribution in [0.15, 0.2) is 41.8 Å². The van der Waals surface area contributed by atoms with Crippen LogP contribution >= 0.6 is 23.1 Å². The molecule has 1 aliphatic rings. The second kappa shape index (κ2) is 9.92. The third-order valence-corrected chi connectivity index (χ3v) is 7.85. The van der Waals surface area contributed by atoms with Gasteiger partial charge in [-0.25, -0.2) is 9.07 Å². The van der Waals surface area contributed by atoms with Crippen molar-refractivity contribution in [2.45, 2.75) is 44.8 Å². The van der Waals surface area contributed by atoms with E-state index in [2.05, 4.69) is 32.2 Å². The van der Waals surface area contributed by atoms with E-state index in [1.807, 2.05) is 18.4 Å². The Hall–Kier alpha value is -2.65. The molecular weight excluding hydrogens is 471 g/mol. The molecule has 2 aromatic heterocycles. The van der Waals surface area contributed by atoms with Crippen LogP contribution in [0.3, 0.4) is 0 Å². The van der Waals surface area contributed by atoms with E-state index in [-0.39, 0.29) is 34.8 Å². The molecule has 9 heteroatoms. The van der Waals surface area contributed by atoms with Crippen LogP contribution < -0.4 is 10.2 Å². The number of fused-ring (bicyclic) bond motifs is 1. The smallest absolute Gasteiger partial charge is 0.240 e. The van der Waals surface area contributed by atoms with Gasteiger partial charge in [0.15, 0.2) is 0 Å². The highest BCUT2D eigenvalue weighted by atomic mass is 32.2. The zero-order valence-corrected chi connectivity index (χ0v) is 21.4. The van der Waals surface area contributed by atoms with E-state index in [0.29, 0.717) is 18.1 Å². The maximum absolute atomic E-state index is 14.2. The molecule has 1 atom stereocenters. The van der Waals surface area contributed by atoms with Crippen molar-refractivity contribution in [3.63, 3.8) is 0 Å². The van der Waals surface area contributed by atoms with E-state index >= 15 is 0 Å². The van der Waals surface area contributed by atoms with Gasteiger partial charge in [-0.3, -0.25) is 14.5 Å². The fourth-order valence-electron chi connectivity index (χ4n) is 3.99. The molecule has 34 heavy (non-hydrogen) atoms. The molecule has 1 N–H and O–H groups in total. The van der Waals surface area contributed by atoms with Crippen molar-refractivity contribution >= 4 is 40.7 Å². The molecule has 3 heterocycles. The number of aromatic nitrogens is 2. The molecule has 0 aliphatic carbocycles. The van der Waals surface area contributed by atoms with Crippen LogP contribution in [0, 0.1) is 5.82 Å². The van der Waals surface area contributed by atoms with Gasteiger partial charge in [-0.05, 0) is 36.1 Å². The van der Waals surface area contributed by atoms with Crippen molar-refractivity contribution in [2.75, 3.05) is 23.7 Å². The highest BCUT2D eigenvalue weighted by Crippen LogP contribution is 2.49. The van der Waals surface area contributed by atoms with Gasteiger partial charge in [0, 0.05) is 22.4 Å². The summed E-state index contributed by atoms with van der Waals surface area (Å²) in [7, 11) is 0. The summed E-state index contributed by atoms with van der Waals surface area (Å²) in [5.41, 5.74) is 1.89. The Morgan fingerprint density at radius 1 is 1.26 bits per heavy atom. The van der Waals surface area contributed by atoms with E-state index in [4.69, 9.17) is 5.10 Å². The first-order valence-electron chi connectivity index (χ1n) is 11.3. The standard InChI is InChI=1S/C25H29FN4O2S2/c1-5-11-27-19(31)14-29-20(32)15-34-22(18-10-7-12-33-18)21-23(25(2,3)4)28-30(24(21)29)17-9-6-8-16(26)13-17/h6-10,12-13,22H,5,11,14-15H2,1-4H3,(H,27,31). The first-order chi connectivity index (χ1) is 16.2. The van der Waals surface area contributed by atoms with Gasteiger partial charge in [-0.1, -0.05) is 39.8 Å². The summed E-state index contributed by atoms with van der Waals surface area (Å²) in [5.74, 6) is -0.0311. The molecule has 4 rings (SSSR count). The topological polar surface area (TPSA) is 67.2 Å². The number of nitrogens with one attached hydrogen (secondary N) is 1. The van der Waals surface area contributed by atoms with Crippen molar-refractivity contribution in [2.24, 2.45) is 0 Å². The summed E-state index contributed by atoms with van der Waals surface area (Å²) in [6.07, 6.45) is 0.802. The molecule has 6 nitrogen and oxygen atoms in total. The Balaban J connectivity index is 1.98. The molecule has 180 valence electrons. The van der Waals surface area contributed by atoms with Crippen LogP contribution in [0.1, 0.15) is 55.5 Å². The van der Waals surface area contributed by atoms with Crippen LogP contribution in [-0.4, -0.2) is 40.4 Å². The van der Waals surface area contributed by atoms with Crippen LogP contribution in [0.5, 0.6) is 0 Å². The normalized spacial score (nSPS) is 16.3. The number of carbonyl (C=O) groups is 2. The molecule has 3 aromatic rings. The Labute approximate surface area is 207 Å². The number of hydrogen-bond acceptors (Lipinski definition) is 5. The van der Waals surface area contributed by atoms with Gasteiger partial charge in [-0.2, -0.15) is 5.10 Å². The monoisotopic (exact) mass is 500 g/mol. The number of anilines is 1. The third-order valence-electron chi connectivity index (χ3n) is 5.53. The Morgan fingerprint density at radius 3 is 2.71 bits per heavy atom. The van der Waals surface area contributed by atoms with Crippen LogP contribution in [0.2, 0.25) is 0 Å². The molecule has 0 fully saturated rings. The lowest BCUT2D eigenvalue weighted by molar-refractivity contribution is -0.122. The number of hydrogen-bond donors (Lipinski definition) is 1. The fourth-order valence-corrected chi connectivity index (χ4v) is 6.17. The van der Waals surface area contributed by atoms with Gasteiger partial charge in [0.25, 0.3) is 0 Å². The molecule has 0 spiro atoms. The van der Waals surface area contributed by atoms with Gasteiger partial charge in [-0.15, -0.1) is 23.1 Å². The molecule has 0 bridgehead atoms. The molecule has 0 saturated carbocycles. The molecular formula is C25H29FN4O2S2. The largest absolute Gasteiger partial charge is 0.355 e. The second-order valence-electron chi connectivity index (χ2n) is 9.26. The molecule has 2 amide bonds. The van der Waals surface area contributed by atoms with E-state index in [0.717, 1.165) is 22.6 Å². The number of thiophene rings is 1. The minimum absolute atomic E-state index is 0.117. The zero-order chi connectivity index (χ0) is 24.5. The summed E-state index contributed by atoms with van der Waals surface area (Å²) in [6.45, 7) is 8.63. The third kappa shape index (κ3) is 4.90. The fraction of sp³-hybridized carbons (Fsp3) is 0.400. The quantitative estimate of drug-likeness (QED) is 0.513. The van der Waals surface area contributed by atoms with Gasteiger partial charge in [0.05, 0.1) is 22.4 Å². The molecule has 0 saturated heterocycles. The van der Waals surface area contributed by atoms with Gasteiger partial charge in [0.2, 0.25) is 11.8 Å². The maximum Gasteiger partial charge on any atom is 0.240 e. The van der Waals surface area contributed by atoms with Crippen molar-refractivity contribution in [3.8, 4) is 5.69 Å². The van der Waals surface area contributed by atoms with E-state index in [9.17, 15) is 14.0 Å². The summed E-state index contributed by atoms with van der Waals surface area (Å²) in [4.78, 5) is 28.8. The number of carbonyl (C=O) groups excluding carboxylic acids is 2. The zero-order valence-electron chi connectivity index (χ0n) is 19.8. The van der Waals surface area contributed by atoms with E-state index in [1.54, 1.807) is 39.9 Å².